The zero-order valence-corrected chi connectivity index (χ0v) is 9.79. The minimum absolute atomic E-state index is 0.162. The van der Waals surface area contributed by atoms with E-state index in [0.29, 0.717) is 12.8 Å². The number of hydrogen-bond acceptors (Lipinski definition) is 3. The van der Waals surface area contributed by atoms with E-state index in [0.717, 1.165) is 19.3 Å². The summed E-state index contributed by atoms with van der Waals surface area (Å²) in [5.74, 6) is -0.527. The third kappa shape index (κ3) is 4.98. The highest BCUT2D eigenvalue weighted by Crippen LogP contribution is 2.20. The second kappa shape index (κ2) is 7.46. The molecule has 0 saturated heterocycles. The Morgan fingerprint density at radius 2 is 2.13 bits per heavy atom. The van der Waals surface area contributed by atoms with Gasteiger partial charge >= 0.3 is 5.97 Å². The molecule has 0 spiro atoms. The van der Waals surface area contributed by atoms with Crippen LogP contribution in [0.15, 0.2) is 12.7 Å². The molecule has 0 fully saturated rings. The lowest BCUT2D eigenvalue weighted by Gasteiger charge is -2.24. The number of ether oxygens (including phenoxy) is 1. The number of rotatable bonds is 8. The van der Waals surface area contributed by atoms with Crippen molar-refractivity contribution in [3.05, 3.63) is 12.7 Å². The van der Waals surface area contributed by atoms with Crippen molar-refractivity contribution >= 4 is 5.97 Å². The van der Waals surface area contributed by atoms with Crippen molar-refractivity contribution in [2.75, 3.05) is 6.61 Å². The van der Waals surface area contributed by atoms with Crippen molar-refractivity contribution in [3.8, 4) is 0 Å². The quantitative estimate of drug-likeness (QED) is 0.383. The Morgan fingerprint density at radius 1 is 1.47 bits per heavy atom. The van der Waals surface area contributed by atoms with Crippen LogP contribution in [0.2, 0.25) is 0 Å². The number of hydrogen-bond donors (Lipinski definition) is 1. The Kier molecular flexibility index (Phi) is 7.05. The van der Waals surface area contributed by atoms with Crippen LogP contribution in [-0.4, -0.2) is 23.3 Å². The third-order valence-corrected chi connectivity index (χ3v) is 2.49. The maximum atomic E-state index is 11.5. The average Bonchev–Trinajstić information content (AvgIpc) is 2.25. The summed E-state index contributed by atoms with van der Waals surface area (Å²) >= 11 is 0. The molecule has 88 valence electrons. The predicted molar refractivity (Wildman–Crippen MR) is 60.5 cm³/mol. The van der Waals surface area contributed by atoms with Crippen molar-refractivity contribution in [3.63, 3.8) is 0 Å². The van der Waals surface area contributed by atoms with Crippen LogP contribution in [0.5, 0.6) is 0 Å². The third-order valence-electron chi connectivity index (χ3n) is 2.49. The molecule has 0 amide bonds. The highest BCUT2D eigenvalue weighted by molar-refractivity contribution is 5.79. The van der Waals surface area contributed by atoms with Gasteiger partial charge < -0.3 is 9.84 Å². The molecule has 0 rings (SSSR count). The van der Waals surface area contributed by atoms with Gasteiger partial charge in [0.15, 0.2) is 5.60 Å². The van der Waals surface area contributed by atoms with E-state index in [1.807, 2.05) is 0 Å². The number of carbonyl (C=O) groups is 1. The molecule has 3 nitrogen and oxygen atoms in total. The lowest BCUT2D eigenvalue weighted by atomic mass is 9.93. The van der Waals surface area contributed by atoms with E-state index in [9.17, 15) is 9.90 Å². The molecule has 1 N–H and O–H groups in total. The summed E-state index contributed by atoms with van der Waals surface area (Å²) in [6.45, 7) is 7.50. The molecular formula is C12H22O3. The van der Waals surface area contributed by atoms with Crippen molar-refractivity contribution in [1.82, 2.24) is 0 Å². The fraction of sp³-hybridized carbons (Fsp3) is 0.750. The predicted octanol–water partition coefficient (Wildman–Crippen LogP) is 2.44. The standard InChI is InChI=1S/C12H22O3/c1-4-7-8-9-12(14,6-3)11(13)15-10-5-2/h5,14H,2,4,6-10H2,1,3H3. The molecule has 0 aliphatic heterocycles. The number of esters is 1. The summed E-state index contributed by atoms with van der Waals surface area (Å²) < 4.78 is 4.87. The maximum absolute atomic E-state index is 11.5. The van der Waals surface area contributed by atoms with Crippen molar-refractivity contribution < 1.29 is 14.6 Å². The van der Waals surface area contributed by atoms with Crippen LogP contribution in [0.4, 0.5) is 0 Å². The molecule has 0 bridgehead atoms. The number of unbranched alkanes of at least 4 members (excludes halogenated alkanes) is 2. The lowest BCUT2D eigenvalue weighted by Crippen LogP contribution is -2.39. The fourth-order valence-electron chi connectivity index (χ4n) is 1.36. The lowest BCUT2D eigenvalue weighted by molar-refractivity contribution is -0.165. The van der Waals surface area contributed by atoms with Crippen molar-refractivity contribution in [2.24, 2.45) is 0 Å². The molecule has 0 aromatic rings. The molecule has 0 aromatic carbocycles. The van der Waals surface area contributed by atoms with Gasteiger partial charge in [0.2, 0.25) is 0 Å². The van der Waals surface area contributed by atoms with Crippen LogP contribution in [0, 0.1) is 0 Å². The summed E-state index contributed by atoms with van der Waals surface area (Å²) in [7, 11) is 0. The Bertz CT molecular complexity index is 201. The fourth-order valence-corrected chi connectivity index (χ4v) is 1.36. The van der Waals surface area contributed by atoms with Gasteiger partial charge in [0.25, 0.3) is 0 Å². The summed E-state index contributed by atoms with van der Waals surface area (Å²) in [5, 5.41) is 10.0. The largest absolute Gasteiger partial charge is 0.459 e. The highest BCUT2D eigenvalue weighted by Gasteiger charge is 2.34. The molecule has 0 aromatic heterocycles. The molecule has 0 radical (unpaired) electrons. The first-order valence-corrected chi connectivity index (χ1v) is 5.61. The van der Waals surface area contributed by atoms with E-state index < -0.39 is 11.6 Å². The van der Waals surface area contributed by atoms with Gasteiger partial charge in [-0.25, -0.2) is 4.79 Å². The molecule has 0 aliphatic rings. The minimum Gasteiger partial charge on any atom is -0.459 e. The van der Waals surface area contributed by atoms with Gasteiger partial charge in [0.1, 0.15) is 6.61 Å². The van der Waals surface area contributed by atoms with Crippen LogP contribution in [0.3, 0.4) is 0 Å². The second-order valence-corrected chi connectivity index (χ2v) is 3.73. The van der Waals surface area contributed by atoms with E-state index in [4.69, 9.17) is 4.74 Å². The Balaban J connectivity index is 4.14. The SMILES string of the molecule is C=CCOC(=O)C(O)(CC)CCCCC. The monoisotopic (exact) mass is 214 g/mol. The highest BCUT2D eigenvalue weighted by atomic mass is 16.5. The molecule has 15 heavy (non-hydrogen) atoms. The van der Waals surface area contributed by atoms with Crippen LogP contribution in [-0.2, 0) is 9.53 Å². The van der Waals surface area contributed by atoms with Gasteiger partial charge in [0, 0.05) is 0 Å². The Labute approximate surface area is 92.1 Å². The summed E-state index contributed by atoms with van der Waals surface area (Å²) in [4.78, 5) is 11.5. The van der Waals surface area contributed by atoms with Crippen LogP contribution in [0.1, 0.15) is 46.0 Å². The summed E-state index contributed by atoms with van der Waals surface area (Å²) in [6, 6.07) is 0. The molecule has 0 saturated carbocycles. The van der Waals surface area contributed by atoms with E-state index in [2.05, 4.69) is 13.5 Å². The smallest absolute Gasteiger partial charge is 0.338 e. The van der Waals surface area contributed by atoms with Gasteiger partial charge in [0.05, 0.1) is 0 Å². The average molecular weight is 214 g/mol. The second-order valence-electron chi connectivity index (χ2n) is 3.73. The van der Waals surface area contributed by atoms with Gasteiger partial charge in [-0.1, -0.05) is 39.3 Å². The van der Waals surface area contributed by atoms with Crippen LogP contribution < -0.4 is 0 Å². The zero-order chi connectivity index (χ0) is 11.7. The topological polar surface area (TPSA) is 46.5 Å². The molecule has 1 unspecified atom stereocenters. The van der Waals surface area contributed by atoms with Gasteiger partial charge in [-0.15, -0.1) is 0 Å². The van der Waals surface area contributed by atoms with Gasteiger partial charge in [-0.3, -0.25) is 0 Å². The maximum Gasteiger partial charge on any atom is 0.338 e. The van der Waals surface area contributed by atoms with Gasteiger partial charge in [-0.2, -0.15) is 0 Å². The van der Waals surface area contributed by atoms with Gasteiger partial charge in [-0.05, 0) is 19.3 Å². The summed E-state index contributed by atoms with van der Waals surface area (Å²) in [5.41, 5.74) is -1.31. The molecule has 0 aliphatic carbocycles. The Hall–Kier alpha value is -0.830. The van der Waals surface area contributed by atoms with E-state index >= 15 is 0 Å². The zero-order valence-electron chi connectivity index (χ0n) is 9.79. The van der Waals surface area contributed by atoms with Crippen molar-refractivity contribution in [2.45, 2.75) is 51.6 Å². The molecular weight excluding hydrogens is 192 g/mol. The first-order chi connectivity index (χ1) is 7.10. The molecule has 3 heteroatoms. The number of carbonyl (C=O) groups excluding carboxylic acids is 1. The van der Waals surface area contributed by atoms with Crippen LogP contribution >= 0.6 is 0 Å². The minimum atomic E-state index is -1.31. The first kappa shape index (κ1) is 14.2. The van der Waals surface area contributed by atoms with E-state index in [1.165, 1.54) is 6.08 Å². The molecule has 1 atom stereocenters. The number of aliphatic hydroxyl groups is 1. The first-order valence-electron chi connectivity index (χ1n) is 5.61. The normalized spacial score (nSPS) is 14.3. The van der Waals surface area contributed by atoms with Crippen molar-refractivity contribution in [1.29, 1.82) is 0 Å². The summed E-state index contributed by atoms with van der Waals surface area (Å²) in [6.07, 6.45) is 5.32. The molecule has 0 heterocycles. The van der Waals surface area contributed by atoms with Crippen LogP contribution in [0.25, 0.3) is 0 Å². The Morgan fingerprint density at radius 3 is 2.60 bits per heavy atom. The van der Waals surface area contributed by atoms with E-state index in [-0.39, 0.29) is 6.61 Å². The van der Waals surface area contributed by atoms with E-state index in [1.54, 1.807) is 6.92 Å².